The second-order valence-corrected chi connectivity index (χ2v) is 6.88. The minimum atomic E-state index is -3.40. The molecular weight excluding hydrogens is 288 g/mol. The molecule has 0 spiro atoms. The van der Waals surface area contributed by atoms with Gasteiger partial charge in [0.2, 0.25) is 10.0 Å². The van der Waals surface area contributed by atoms with Crippen molar-refractivity contribution >= 4 is 16.0 Å². The predicted octanol–water partition coefficient (Wildman–Crippen LogP) is 0.718. The quantitative estimate of drug-likeness (QED) is 0.656. The summed E-state index contributed by atoms with van der Waals surface area (Å²) in [6.07, 6.45) is 0.947. The minimum Gasteiger partial charge on any atom is -0.370 e. The summed E-state index contributed by atoms with van der Waals surface area (Å²) in [5.74, 6) is 0.508. The minimum absolute atomic E-state index is 0.339. The van der Waals surface area contributed by atoms with Gasteiger partial charge in [-0.2, -0.15) is 4.31 Å². The lowest BCUT2D eigenvalue weighted by molar-refractivity contribution is 0.263. The van der Waals surface area contributed by atoms with E-state index < -0.39 is 10.0 Å². The van der Waals surface area contributed by atoms with Crippen LogP contribution in [0.1, 0.15) is 13.3 Å². The van der Waals surface area contributed by atoms with Gasteiger partial charge in [-0.05, 0) is 18.6 Å². The van der Waals surface area contributed by atoms with Crippen LogP contribution in [0.4, 0.5) is 0 Å². The molecule has 1 fully saturated rings. The fourth-order valence-electron chi connectivity index (χ4n) is 2.23. The molecule has 1 saturated heterocycles. The molecule has 1 heterocycles. The molecular formula is C14H22N4O2S. The highest BCUT2D eigenvalue weighted by Gasteiger charge is 2.28. The molecule has 1 aromatic carbocycles. The van der Waals surface area contributed by atoms with Gasteiger partial charge in [-0.25, -0.2) is 8.42 Å². The average molecular weight is 310 g/mol. The van der Waals surface area contributed by atoms with E-state index in [0.717, 1.165) is 6.42 Å². The zero-order valence-corrected chi connectivity index (χ0v) is 13.1. The summed E-state index contributed by atoms with van der Waals surface area (Å²) in [6, 6.07) is 8.52. The molecule has 116 valence electrons. The van der Waals surface area contributed by atoms with Crippen LogP contribution >= 0.6 is 0 Å². The first-order valence-electron chi connectivity index (χ1n) is 7.15. The van der Waals surface area contributed by atoms with Crippen LogP contribution in [0.2, 0.25) is 0 Å². The molecule has 0 radical (unpaired) electrons. The number of nitrogens with two attached hydrogens (primary N) is 1. The fourth-order valence-corrected chi connectivity index (χ4v) is 3.67. The van der Waals surface area contributed by atoms with Crippen molar-refractivity contribution in [2.75, 3.05) is 32.7 Å². The number of nitrogens with zero attached hydrogens (tertiary/aromatic N) is 3. The van der Waals surface area contributed by atoms with E-state index in [1.807, 2.05) is 17.9 Å². The third kappa shape index (κ3) is 3.74. The molecule has 6 nitrogen and oxygen atoms in total. The normalized spacial score (nSPS) is 18.0. The van der Waals surface area contributed by atoms with E-state index in [1.165, 1.54) is 4.31 Å². The van der Waals surface area contributed by atoms with Gasteiger partial charge in [0, 0.05) is 32.7 Å². The molecule has 2 N–H and O–H groups in total. The van der Waals surface area contributed by atoms with Crippen LogP contribution in [-0.2, 0) is 10.0 Å². The lowest BCUT2D eigenvalue weighted by Gasteiger charge is -2.34. The Morgan fingerprint density at radius 2 is 1.81 bits per heavy atom. The van der Waals surface area contributed by atoms with Gasteiger partial charge in [0.15, 0.2) is 5.96 Å². The van der Waals surface area contributed by atoms with Crippen molar-refractivity contribution in [3.63, 3.8) is 0 Å². The van der Waals surface area contributed by atoms with Crippen LogP contribution in [0, 0.1) is 0 Å². The molecule has 0 atom stereocenters. The molecule has 0 bridgehead atoms. The van der Waals surface area contributed by atoms with Gasteiger partial charge in [0.05, 0.1) is 4.90 Å². The molecule has 2 rings (SSSR count). The number of hydrogen-bond acceptors (Lipinski definition) is 3. The number of guanidine groups is 1. The topological polar surface area (TPSA) is 79.0 Å². The zero-order chi connectivity index (χ0) is 15.3. The van der Waals surface area contributed by atoms with E-state index in [-0.39, 0.29) is 0 Å². The summed E-state index contributed by atoms with van der Waals surface area (Å²) in [4.78, 5) is 6.54. The van der Waals surface area contributed by atoms with E-state index in [1.54, 1.807) is 24.3 Å². The summed E-state index contributed by atoms with van der Waals surface area (Å²) in [7, 11) is -3.40. The maximum atomic E-state index is 12.5. The smallest absolute Gasteiger partial charge is 0.243 e. The van der Waals surface area contributed by atoms with Crippen molar-refractivity contribution in [2.24, 2.45) is 10.7 Å². The van der Waals surface area contributed by atoms with Crippen LogP contribution in [0.5, 0.6) is 0 Å². The lowest BCUT2D eigenvalue weighted by Crippen LogP contribution is -2.52. The van der Waals surface area contributed by atoms with Crippen molar-refractivity contribution < 1.29 is 8.42 Å². The Hall–Kier alpha value is -1.60. The van der Waals surface area contributed by atoms with Gasteiger partial charge in [-0.15, -0.1) is 0 Å². The highest BCUT2D eigenvalue weighted by molar-refractivity contribution is 7.89. The van der Waals surface area contributed by atoms with Crippen molar-refractivity contribution in [1.82, 2.24) is 9.21 Å². The van der Waals surface area contributed by atoms with Gasteiger partial charge >= 0.3 is 0 Å². The third-order valence-corrected chi connectivity index (χ3v) is 5.35. The van der Waals surface area contributed by atoms with Gasteiger partial charge in [-0.3, -0.25) is 4.99 Å². The Morgan fingerprint density at radius 1 is 1.19 bits per heavy atom. The Kier molecular flexibility index (Phi) is 5.19. The molecule has 1 aliphatic heterocycles. The number of aliphatic imine (C=N–C) groups is 1. The molecule has 1 aliphatic rings. The first-order valence-corrected chi connectivity index (χ1v) is 8.59. The lowest BCUT2D eigenvalue weighted by atomic mass is 10.4. The number of sulfonamides is 1. The predicted molar refractivity (Wildman–Crippen MR) is 83.6 cm³/mol. The highest BCUT2D eigenvalue weighted by atomic mass is 32.2. The Balaban J connectivity index is 2.01. The standard InChI is InChI=1S/C14H22N4O2S/c1-2-8-16-14(15)17-9-11-18(12-10-17)21(19,20)13-6-4-3-5-7-13/h3-7H,2,8-12H2,1H3,(H2,15,16). The van der Waals surface area contributed by atoms with Gasteiger partial charge in [0.25, 0.3) is 0 Å². The summed E-state index contributed by atoms with van der Waals surface area (Å²) in [5, 5.41) is 0. The second kappa shape index (κ2) is 6.91. The highest BCUT2D eigenvalue weighted by Crippen LogP contribution is 2.16. The molecule has 0 amide bonds. The molecule has 21 heavy (non-hydrogen) atoms. The maximum Gasteiger partial charge on any atom is 0.243 e. The van der Waals surface area contributed by atoms with Crippen LogP contribution in [0.25, 0.3) is 0 Å². The van der Waals surface area contributed by atoms with Gasteiger partial charge in [0.1, 0.15) is 0 Å². The SMILES string of the molecule is CCCN=C(N)N1CCN(S(=O)(=O)c2ccccc2)CC1. The summed E-state index contributed by atoms with van der Waals surface area (Å²) in [5.41, 5.74) is 5.91. The fraction of sp³-hybridized carbons (Fsp3) is 0.500. The van der Waals surface area contributed by atoms with Crippen molar-refractivity contribution in [3.05, 3.63) is 30.3 Å². The van der Waals surface area contributed by atoms with E-state index >= 15 is 0 Å². The van der Waals surface area contributed by atoms with Crippen molar-refractivity contribution in [3.8, 4) is 0 Å². The van der Waals surface area contributed by atoms with Crippen molar-refractivity contribution in [2.45, 2.75) is 18.2 Å². The van der Waals surface area contributed by atoms with Gasteiger partial charge in [-0.1, -0.05) is 25.1 Å². The number of rotatable bonds is 4. The van der Waals surface area contributed by atoms with Crippen molar-refractivity contribution in [1.29, 1.82) is 0 Å². The van der Waals surface area contributed by atoms with Crippen LogP contribution < -0.4 is 5.73 Å². The molecule has 1 aromatic rings. The van der Waals surface area contributed by atoms with E-state index in [9.17, 15) is 8.42 Å². The monoisotopic (exact) mass is 310 g/mol. The van der Waals surface area contributed by atoms with Crippen LogP contribution in [-0.4, -0.2) is 56.3 Å². The molecule has 0 saturated carbocycles. The molecule has 7 heteroatoms. The Labute approximate surface area is 126 Å². The number of hydrogen-bond donors (Lipinski definition) is 1. The molecule has 0 unspecified atom stereocenters. The number of piperazine rings is 1. The largest absolute Gasteiger partial charge is 0.370 e. The third-order valence-electron chi connectivity index (χ3n) is 3.44. The Bertz CT molecular complexity index is 578. The average Bonchev–Trinajstić information content (AvgIpc) is 2.53. The summed E-state index contributed by atoms with van der Waals surface area (Å²) < 4.78 is 26.5. The second-order valence-electron chi connectivity index (χ2n) is 4.94. The first kappa shape index (κ1) is 15.8. The van der Waals surface area contributed by atoms with E-state index in [4.69, 9.17) is 5.73 Å². The van der Waals surface area contributed by atoms with E-state index in [0.29, 0.717) is 43.6 Å². The first-order chi connectivity index (χ1) is 10.1. The molecule has 0 aromatic heterocycles. The summed E-state index contributed by atoms with van der Waals surface area (Å²) >= 11 is 0. The van der Waals surface area contributed by atoms with Crippen LogP contribution in [0.15, 0.2) is 40.2 Å². The number of benzene rings is 1. The van der Waals surface area contributed by atoms with Gasteiger partial charge < -0.3 is 10.6 Å². The maximum absolute atomic E-state index is 12.5. The summed E-state index contributed by atoms with van der Waals surface area (Å²) in [6.45, 7) is 4.75. The zero-order valence-electron chi connectivity index (χ0n) is 12.3. The molecule has 0 aliphatic carbocycles. The van der Waals surface area contributed by atoms with E-state index in [2.05, 4.69) is 4.99 Å². The van der Waals surface area contributed by atoms with Crippen LogP contribution in [0.3, 0.4) is 0 Å². The Morgan fingerprint density at radius 3 is 2.38 bits per heavy atom.